The van der Waals surface area contributed by atoms with E-state index in [0.29, 0.717) is 5.56 Å². The fourth-order valence-electron chi connectivity index (χ4n) is 2.54. The average Bonchev–Trinajstić information content (AvgIpc) is 2.91. The van der Waals surface area contributed by atoms with Crippen LogP contribution in [0.2, 0.25) is 0 Å². The lowest BCUT2D eigenvalue weighted by molar-refractivity contribution is 0.0916. The van der Waals surface area contributed by atoms with Gasteiger partial charge in [0, 0.05) is 18.7 Å². The van der Waals surface area contributed by atoms with Gasteiger partial charge in [-0.05, 0) is 31.4 Å². The van der Waals surface area contributed by atoms with Crippen LogP contribution in [0.25, 0.3) is 0 Å². The standard InChI is InChI=1S/C15H19NO4S/c1-20-14-9-4-8-13(14)16-21(18,19)15-10-3-2-6-12(15)7-5-11-17/h2-3,6,10,13-14,16-17H,4,8-9,11H2,1H3. The highest BCUT2D eigenvalue weighted by molar-refractivity contribution is 7.89. The maximum absolute atomic E-state index is 12.5. The Morgan fingerprint density at radius 2 is 2.14 bits per heavy atom. The van der Waals surface area contributed by atoms with Crippen LogP contribution in [-0.2, 0) is 14.8 Å². The normalized spacial score (nSPS) is 21.8. The fourth-order valence-corrected chi connectivity index (χ4v) is 4.01. The van der Waals surface area contributed by atoms with Crippen LogP contribution in [0, 0.1) is 11.8 Å². The van der Waals surface area contributed by atoms with Crippen LogP contribution in [0.3, 0.4) is 0 Å². The van der Waals surface area contributed by atoms with Gasteiger partial charge in [0.25, 0.3) is 0 Å². The highest BCUT2D eigenvalue weighted by Crippen LogP contribution is 2.24. The second-order valence-corrected chi connectivity index (χ2v) is 6.57. The van der Waals surface area contributed by atoms with E-state index < -0.39 is 10.0 Å². The Kier molecular flexibility index (Phi) is 5.37. The SMILES string of the molecule is COC1CCCC1NS(=O)(=O)c1ccccc1C#CCO. The minimum absolute atomic E-state index is 0.0875. The molecule has 21 heavy (non-hydrogen) atoms. The number of methoxy groups -OCH3 is 1. The first-order valence-corrected chi connectivity index (χ1v) is 8.30. The second-order valence-electron chi connectivity index (χ2n) is 4.89. The summed E-state index contributed by atoms with van der Waals surface area (Å²) in [7, 11) is -2.07. The summed E-state index contributed by atoms with van der Waals surface area (Å²) >= 11 is 0. The predicted octanol–water partition coefficient (Wildman–Crippen LogP) is 0.876. The smallest absolute Gasteiger partial charge is 0.242 e. The van der Waals surface area contributed by atoms with Crippen molar-refractivity contribution in [1.82, 2.24) is 4.72 Å². The minimum atomic E-state index is -3.66. The van der Waals surface area contributed by atoms with Gasteiger partial charge in [0.1, 0.15) is 6.61 Å². The summed E-state index contributed by atoms with van der Waals surface area (Å²) in [6, 6.07) is 6.30. The third-order valence-corrected chi connectivity index (χ3v) is 5.09. The molecule has 1 fully saturated rings. The van der Waals surface area contributed by atoms with Crippen LogP contribution in [0.15, 0.2) is 29.2 Å². The van der Waals surface area contributed by atoms with E-state index in [1.807, 2.05) is 0 Å². The summed E-state index contributed by atoms with van der Waals surface area (Å²) in [4.78, 5) is 0.132. The molecule has 1 aliphatic carbocycles. The number of hydrogen-bond acceptors (Lipinski definition) is 4. The molecule has 2 unspecified atom stereocenters. The van der Waals surface area contributed by atoms with Gasteiger partial charge in [-0.1, -0.05) is 24.0 Å². The summed E-state index contributed by atoms with van der Waals surface area (Å²) < 4.78 is 33.1. The van der Waals surface area contributed by atoms with Gasteiger partial charge in [0.2, 0.25) is 10.0 Å². The number of ether oxygens (including phenoxy) is 1. The van der Waals surface area contributed by atoms with Crippen LogP contribution >= 0.6 is 0 Å². The maximum Gasteiger partial charge on any atom is 0.242 e. The number of aliphatic hydroxyl groups is 1. The highest BCUT2D eigenvalue weighted by Gasteiger charge is 2.31. The molecule has 2 atom stereocenters. The van der Waals surface area contributed by atoms with E-state index in [-0.39, 0.29) is 23.6 Å². The molecule has 0 amide bonds. The van der Waals surface area contributed by atoms with Crippen molar-refractivity contribution in [3.05, 3.63) is 29.8 Å². The zero-order valence-electron chi connectivity index (χ0n) is 11.9. The van der Waals surface area contributed by atoms with Crippen molar-refractivity contribution in [2.45, 2.75) is 36.3 Å². The molecule has 0 spiro atoms. The molecule has 1 aromatic rings. The Morgan fingerprint density at radius 3 is 2.86 bits per heavy atom. The van der Waals surface area contributed by atoms with Crippen molar-refractivity contribution in [3.8, 4) is 11.8 Å². The van der Waals surface area contributed by atoms with Crippen molar-refractivity contribution in [2.75, 3.05) is 13.7 Å². The Labute approximate surface area is 125 Å². The molecule has 0 radical (unpaired) electrons. The molecular formula is C15H19NO4S. The average molecular weight is 309 g/mol. The third kappa shape index (κ3) is 3.83. The van der Waals surface area contributed by atoms with E-state index in [2.05, 4.69) is 16.6 Å². The van der Waals surface area contributed by atoms with E-state index >= 15 is 0 Å². The van der Waals surface area contributed by atoms with E-state index in [1.165, 1.54) is 6.07 Å². The van der Waals surface area contributed by atoms with Crippen molar-refractivity contribution < 1.29 is 18.3 Å². The van der Waals surface area contributed by atoms with Gasteiger partial charge < -0.3 is 9.84 Å². The molecule has 1 aromatic carbocycles. The number of hydrogen-bond donors (Lipinski definition) is 2. The van der Waals surface area contributed by atoms with Gasteiger partial charge in [-0.15, -0.1) is 0 Å². The summed E-state index contributed by atoms with van der Waals surface area (Å²) in [5, 5.41) is 8.76. The first kappa shape index (κ1) is 16.0. The summed E-state index contributed by atoms with van der Waals surface area (Å²) in [6.07, 6.45) is 2.48. The summed E-state index contributed by atoms with van der Waals surface area (Å²) in [5.41, 5.74) is 0.381. The second kappa shape index (κ2) is 7.05. The van der Waals surface area contributed by atoms with Crippen LogP contribution < -0.4 is 4.72 Å². The zero-order chi connectivity index (χ0) is 15.3. The first-order valence-electron chi connectivity index (χ1n) is 6.82. The van der Waals surface area contributed by atoms with Crippen LogP contribution in [-0.4, -0.2) is 39.4 Å². The Morgan fingerprint density at radius 1 is 1.38 bits per heavy atom. The zero-order valence-corrected chi connectivity index (χ0v) is 12.7. The van der Waals surface area contributed by atoms with E-state index in [4.69, 9.17) is 9.84 Å². The first-order chi connectivity index (χ1) is 10.1. The molecule has 0 aromatic heterocycles. The molecule has 1 aliphatic rings. The molecule has 0 bridgehead atoms. The van der Waals surface area contributed by atoms with Gasteiger partial charge in [-0.25, -0.2) is 13.1 Å². The lowest BCUT2D eigenvalue weighted by Gasteiger charge is -2.20. The number of aliphatic hydroxyl groups excluding tert-OH is 1. The Hall–Kier alpha value is -1.39. The monoisotopic (exact) mass is 309 g/mol. The van der Waals surface area contributed by atoms with Crippen molar-refractivity contribution in [1.29, 1.82) is 0 Å². The third-order valence-electron chi connectivity index (χ3n) is 3.54. The number of nitrogens with one attached hydrogen (secondary N) is 1. The van der Waals surface area contributed by atoms with Gasteiger partial charge in [0.05, 0.1) is 11.0 Å². The highest BCUT2D eigenvalue weighted by atomic mass is 32.2. The van der Waals surface area contributed by atoms with Crippen LogP contribution in [0.1, 0.15) is 24.8 Å². The lowest BCUT2D eigenvalue weighted by atomic mass is 10.2. The van der Waals surface area contributed by atoms with Gasteiger partial charge in [-0.3, -0.25) is 0 Å². The molecule has 114 valence electrons. The molecule has 0 saturated heterocycles. The predicted molar refractivity (Wildman–Crippen MR) is 79.2 cm³/mol. The summed E-state index contributed by atoms with van der Waals surface area (Å²) in [6.45, 7) is -0.309. The topological polar surface area (TPSA) is 75.6 Å². The number of rotatable bonds is 4. The quantitative estimate of drug-likeness (QED) is 0.810. The lowest BCUT2D eigenvalue weighted by Crippen LogP contribution is -2.40. The molecule has 1 saturated carbocycles. The van der Waals surface area contributed by atoms with Gasteiger partial charge in [-0.2, -0.15) is 0 Å². The molecule has 0 aliphatic heterocycles. The van der Waals surface area contributed by atoms with E-state index in [0.717, 1.165) is 19.3 Å². The summed E-state index contributed by atoms with van der Waals surface area (Å²) in [5.74, 6) is 5.15. The number of sulfonamides is 1. The Bertz CT molecular complexity index is 645. The Balaban J connectivity index is 2.27. The fraction of sp³-hybridized carbons (Fsp3) is 0.467. The molecule has 0 heterocycles. The molecule has 2 N–H and O–H groups in total. The van der Waals surface area contributed by atoms with Crippen molar-refractivity contribution in [2.24, 2.45) is 0 Å². The minimum Gasteiger partial charge on any atom is -0.384 e. The van der Waals surface area contributed by atoms with Crippen molar-refractivity contribution in [3.63, 3.8) is 0 Å². The maximum atomic E-state index is 12.5. The van der Waals surface area contributed by atoms with Gasteiger partial charge >= 0.3 is 0 Å². The largest absolute Gasteiger partial charge is 0.384 e. The van der Waals surface area contributed by atoms with E-state index in [1.54, 1.807) is 25.3 Å². The van der Waals surface area contributed by atoms with Crippen molar-refractivity contribution >= 4 is 10.0 Å². The van der Waals surface area contributed by atoms with Crippen LogP contribution in [0.4, 0.5) is 0 Å². The molecule has 5 nitrogen and oxygen atoms in total. The number of benzene rings is 1. The van der Waals surface area contributed by atoms with Crippen LogP contribution in [0.5, 0.6) is 0 Å². The van der Waals surface area contributed by atoms with E-state index in [9.17, 15) is 8.42 Å². The molecular weight excluding hydrogens is 290 g/mol. The molecule has 2 rings (SSSR count). The molecule has 6 heteroatoms. The van der Waals surface area contributed by atoms with Gasteiger partial charge in [0.15, 0.2) is 0 Å².